The molecule has 0 saturated carbocycles. The van der Waals surface area contributed by atoms with Crippen molar-refractivity contribution in [3.05, 3.63) is 60.2 Å². The Kier molecular flexibility index (Phi) is 5.37. The van der Waals surface area contributed by atoms with Crippen molar-refractivity contribution in [1.29, 1.82) is 0 Å². The van der Waals surface area contributed by atoms with Crippen LogP contribution in [0.3, 0.4) is 0 Å². The van der Waals surface area contributed by atoms with Crippen LogP contribution in [-0.4, -0.2) is 74.7 Å². The van der Waals surface area contributed by atoms with Gasteiger partial charge in [0.1, 0.15) is 6.10 Å². The molecule has 38 heavy (non-hydrogen) atoms. The number of rotatable bonds is 11. The lowest BCUT2D eigenvalue weighted by atomic mass is 10.0. The number of nitrogens with one attached hydrogen (secondary N) is 1. The highest BCUT2D eigenvalue weighted by Gasteiger charge is 2.44. The van der Waals surface area contributed by atoms with Gasteiger partial charge in [-0.3, -0.25) is 0 Å². The summed E-state index contributed by atoms with van der Waals surface area (Å²) in [4.78, 5) is 12.8. The summed E-state index contributed by atoms with van der Waals surface area (Å²) >= 11 is 0. The van der Waals surface area contributed by atoms with Crippen LogP contribution in [0.4, 0.5) is 10.5 Å². The second kappa shape index (κ2) is 12.4. The van der Waals surface area contributed by atoms with Crippen LogP contribution in [-0.2, 0) is 30.7 Å². The number of amides is 1. The number of fused-ring (bicyclic) bond motifs is 1. The third-order valence-electron chi connectivity index (χ3n) is 5.95. The van der Waals surface area contributed by atoms with Gasteiger partial charge in [-0.15, -0.1) is 0 Å². The Bertz CT molecular complexity index is 1620. The van der Waals surface area contributed by atoms with Gasteiger partial charge in [0.05, 0.1) is 40.2 Å². The molecule has 10 nitrogen and oxygen atoms in total. The Morgan fingerprint density at radius 1 is 1.26 bits per heavy atom. The van der Waals surface area contributed by atoms with E-state index in [1.807, 2.05) is 0 Å². The normalized spacial score (nSPS) is 33.0. The Hall–Kier alpha value is -2.70. The van der Waals surface area contributed by atoms with Crippen molar-refractivity contribution >= 4 is 21.8 Å². The number of benzene rings is 2. The summed E-state index contributed by atoms with van der Waals surface area (Å²) in [5.41, 5.74) is 6.36. The molecule has 2 aliphatic rings. The summed E-state index contributed by atoms with van der Waals surface area (Å²) in [6.07, 6.45) is -10.3. The number of nitrogens with zero attached hydrogens (tertiary/aromatic N) is 1. The number of sulfonamides is 1. The number of alkyl carbamates (subject to hydrolysis) is 1. The van der Waals surface area contributed by atoms with Gasteiger partial charge in [-0.1, -0.05) is 44.0 Å². The molecule has 1 amide bonds. The molecule has 2 aromatic carbocycles. The first-order chi connectivity index (χ1) is 22.7. The van der Waals surface area contributed by atoms with Crippen molar-refractivity contribution in [2.24, 2.45) is 11.8 Å². The minimum absolute atomic E-state index is 0.171. The van der Waals surface area contributed by atoms with Crippen molar-refractivity contribution in [1.82, 2.24) is 9.62 Å². The zero-order chi connectivity index (χ0) is 37.7. The number of hydrogen-bond acceptors (Lipinski definition) is 8. The standard InChI is InChI=1S/C27H37N3O7S/c1-18(2)15-30(38(33,34)21-10-8-20(28)9-11-21)16-24(31)23(14-19-6-4-3-5-7-19)29-27(32)37-25-17-36-26-22(25)12-13-35-26/h3-11,18,22-26,31H,12-17,28H2,1-2H3,(H,29,32)/t22-,23-,24+,25-,26+/m0/s1/i1D3,2D3,12D2,13D2,18D,26D. The quantitative estimate of drug-likeness (QED) is 0.357. The Balaban J connectivity index is 1.67. The average molecular weight is 560 g/mol. The molecule has 5 atom stereocenters. The van der Waals surface area contributed by atoms with Gasteiger partial charge in [-0.05, 0) is 48.5 Å². The van der Waals surface area contributed by atoms with E-state index in [-0.39, 0.29) is 12.1 Å². The molecule has 0 aliphatic carbocycles. The molecule has 0 spiro atoms. The number of aliphatic hydroxyl groups excluding tert-OH is 1. The van der Waals surface area contributed by atoms with E-state index in [1.54, 1.807) is 30.3 Å². The maximum Gasteiger partial charge on any atom is 0.407 e. The summed E-state index contributed by atoms with van der Waals surface area (Å²) in [5, 5.41) is 13.9. The van der Waals surface area contributed by atoms with Gasteiger partial charge in [0.15, 0.2) is 6.27 Å². The number of anilines is 1. The zero-order valence-electron chi connectivity index (χ0n) is 32.2. The molecule has 208 valence electrons. The first kappa shape index (κ1) is 16.4. The fraction of sp³-hybridized carbons (Fsp3) is 0.519. The molecule has 0 bridgehead atoms. The van der Waals surface area contributed by atoms with E-state index in [4.69, 9.17) is 36.4 Å². The van der Waals surface area contributed by atoms with Crippen LogP contribution >= 0.6 is 0 Å². The van der Waals surface area contributed by atoms with Crippen molar-refractivity contribution in [2.75, 3.05) is 32.0 Å². The van der Waals surface area contributed by atoms with E-state index in [0.29, 0.717) is 9.87 Å². The number of carbonyl (C=O) groups is 1. The number of aliphatic hydroxyl groups is 1. The molecule has 4 rings (SSSR count). The average Bonchev–Trinajstić information content (AvgIpc) is 3.37. The molecule has 2 aliphatic heterocycles. The fourth-order valence-corrected chi connectivity index (χ4v) is 5.44. The number of nitrogens with two attached hydrogens (primary N) is 1. The Labute approximate surface area is 241 Å². The van der Waals surface area contributed by atoms with Crippen LogP contribution < -0.4 is 11.1 Å². The van der Waals surface area contributed by atoms with Gasteiger partial charge >= 0.3 is 6.09 Å². The predicted molar refractivity (Wildman–Crippen MR) is 142 cm³/mol. The van der Waals surface area contributed by atoms with Crippen molar-refractivity contribution < 1.29 is 49.0 Å². The van der Waals surface area contributed by atoms with Crippen LogP contribution in [0.25, 0.3) is 0 Å². The molecule has 0 aromatic heterocycles. The van der Waals surface area contributed by atoms with Crippen molar-refractivity contribution in [2.45, 2.75) is 55.9 Å². The Morgan fingerprint density at radius 2 is 2.00 bits per heavy atom. The first-order valence-electron chi connectivity index (χ1n) is 17.6. The molecule has 2 fully saturated rings. The number of hydrogen-bond donors (Lipinski definition) is 3. The third kappa shape index (κ3) is 7.03. The highest BCUT2D eigenvalue weighted by atomic mass is 32.2. The van der Waals surface area contributed by atoms with Gasteiger partial charge in [0.2, 0.25) is 10.0 Å². The molecule has 2 aromatic rings. The zero-order valence-corrected chi connectivity index (χ0v) is 21.0. The summed E-state index contributed by atoms with van der Waals surface area (Å²) < 4.78 is 139. The first-order valence-corrected chi connectivity index (χ1v) is 13.1. The van der Waals surface area contributed by atoms with Gasteiger partial charge < -0.3 is 30.4 Å². The van der Waals surface area contributed by atoms with Crippen LogP contribution in [0, 0.1) is 11.8 Å². The summed E-state index contributed by atoms with van der Waals surface area (Å²) in [6, 6.07) is 11.3. The van der Waals surface area contributed by atoms with Crippen molar-refractivity contribution in [3.63, 3.8) is 0 Å². The van der Waals surface area contributed by atoms with Crippen molar-refractivity contribution in [3.8, 4) is 0 Å². The Morgan fingerprint density at radius 3 is 2.71 bits per heavy atom. The lowest BCUT2D eigenvalue weighted by Crippen LogP contribution is -2.51. The van der Waals surface area contributed by atoms with Gasteiger partial charge in [-0.25, -0.2) is 13.2 Å². The maximum atomic E-state index is 13.9. The van der Waals surface area contributed by atoms with Gasteiger partial charge in [-0.2, -0.15) is 4.31 Å². The SMILES string of the molecule is [2H]C([2H])([2H])C([2H])(CN(C[C@@H](O)[C@H](Cc1ccccc1)NC(=O)O[C@H]1CO[C@@]2([2H])OC([2H])([2H])C([2H])([2H])[C@@H]12)S(=O)(=O)c1ccc(N)cc1)C([2H])([2H])[2H]. The molecule has 11 heteroatoms. The maximum absolute atomic E-state index is 13.9. The fourth-order valence-electron chi connectivity index (χ4n) is 4.02. The molecule has 4 N–H and O–H groups in total. The monoisotopic (exact) mass is 559 g/mol. The van der Waals surface area contributed by atoms with Gasteiger partial charge in [0.25, 0.3) is 0 Å². The topological polar surface area (TPSA) is 140 Å². The lowest BCUT2D eigenvalue weighted by Gasteiger charge is -2.31. The number of ether oxygens (including phenoxy) is 3. The third-order valence-corrected chi connectivity index (χ3v) is 7.78. The van der Waals surface area contributed by atoms with E-state index in [9.17, 15) is 18.3 Å². The van der Waals surface area contributed by atoms with Gasteiger partial charge in [0, 0.05) is 31.1 Å². The van der Waals surface area contributed by atoms with Crippen LogP contribution in [0.1, 0.15) is 42.1 Å². The van der Waals surface area contributed by atoms with Crippen LogP contribution in [0.2, 0.25) is 0 Å². The minimum Gasteiger partial charge on any atom is -0.443 e. The highest BCUT2D eigenvalue weighted by Crippen LogP contribution is 2.33. The largest absolute Gasteiger partial charge is 0.443 e. The van der Waals surface area contributed by atoms with E-state index in [2.05, 4.69) is 5.32 Å². The van der Waals surface area contributed by atoms with E-state index >= 15 is 0 Å². The van der Waals surface area contributed by atoms with Crippen LogP contribution in [0.5, 0.6) is 0 Å². The van der Waals surface area contributed by atoms with E-state index < -0.39 is 104 Å². The van der Waals surface area contributed by atoms with E-state index in [0.717, 1.165) is 12.1 Å². The molecule has 2 saturated heterocycles. The molecule has 2 heterocycles. The number of nitrogen functional groups attached to an aromatic ring is 1. The second-order valence-corrected chi connectivity index (χ2v) is 10.7. The number of carbonyl (C=O) groups excluding carboxylic acids is 1. The molecule has 0 unspecified atom stereocenters. The molecule has 0 radical (unpaired) electrons. The van der Waals surface area contributed by atoms with E-state index in [1.165, 1.54) is 12.1 Å². The smallest absolute Gasteiger partial charge is 0.407 e. The molecular weight excluding hydrogens is 510 g/mol. The summed E-state index contributed by atoms with van der Waals surface area (Å²) in [6.45, 7) is -13.1. The lowest BCUT2D eigenvalue weighted by molar-refractivity contribution is -0.0907. The molecular formula is C27H37N3O7S. The summed E-state index contributed by atoms with van der Waals surface area (Å²) in [5.74, 6) is -5.11. The minimum atomic E-state index is -4.84. The van der Waals surface area contributed by atoms with Crippen LogP contribution in [0.15, 0.2) is 59.5 Å². The summed E-state index contributed by atoms with van der Waals surface area (Å²) in [7, 11) is -4.84. The second-order valence-electron chi connectivity index (χ2n) is 8.75. The predicted octanol–water partition coefficient (Wildman–Crippen LogP) is 2.38. The highest BCUT2D eigenvalue weighted by molar-refractivity contribution is 7.89.